The average Bonchev–Trinajstić information content (AvgIpc) is 2.92. The van der Waals surface area contributed by atoms with Crippen molar-refractivity contribution in [3.05, 3.63) is 51.2 Å². The number of carbonyl (C=O) groups excluding carboxylic acids is 1. The van der Waals surface area contributed by atoms with Crippen LogP contribution in [0.1, 0.15) is 39.0 Å². The molecule has 0 radical (unpaired) electrons. The Morgan fingerprint density at radius 2 is 2.13 bits per heavy atom. The Bertz CT molecular complexity index is 705. The molecule has 1 aliphatic rings. The van der Waals surface area contributed by atoms with Crippen molar-refractivity contribution in [2.75, 3.05) is 19.4 Å². The molecular formula is C19H24N2OS. The van der Waals surface area contributed by atoms with Crippen LogP contribution in [-0.4, -0.2) is 24.9 Å². The molecule has 1 atom stereocenters. The highest BCUT2D eigenvalue weighted by Gasteiger charge is 2.21. The van der Waals surface area contributed by atoms with Crippen molar-refractivity contribution in [1.82, 2.24) is 4.90 Å². The van der Waals surface area contributed by atoms with Crippen LogP contribution in [0.2, 0.25) is 0 Å². The van der Waals surface area contributed by atoms with Gasteiger partial charge in [-0.3, -0.25) is 4.79 Å². The van der Waals surface area contributed by atoms with Gasteiger partial charge in [0, 0.05) is 17.1 Å². The minimum Gasteiger partial charge on any atom is -0.321 e. The lowest BCUT2D eigenvalue weighted by Gasteiger charge is -2.16. The fraction of sp³-hybridized carbons (Fsp3) is 0.421. The van der Waals surface area contributed by atoms with E-state index in [9.17, 15) is 4.79 Å². The third kappa shape index (κ3) is 3.82. The molecule has 0 aliphatic heterocycles. The Kier molecular flexibility index (Phi) is 4.83. The summed E-state index contributed by atoms with van der Waals surface area (Å²) < 4.78 is 0. The molecule has 4 heteroatoms. The number of nitrogens with one attached hydrogen (secondary N) is 1. The van der Waals surface area contributed by atoms with Crippen molar-refractivity contribution in [3.8, 4) is 0 Å². The zero-order chi connectivity index (χ0) is 16.4. The van der Waals surface area contributed by atoms with E-state index in [0.717, 1.165) is 41.4 Å². The predicted molar refractivity (Wildman–Crippen MR) is 97.3 cm³/mol. The minimum absolute atomic E-state index is 0.0169. The van der Waals surface area contributed by atoms with E-state index in [1.165, 1.54) is 16.9 Å². The number of fused-ring (bicyclic) bond motifs is 1. The summed E-state index contributed by atoms with van der Waals surface area (Å²) in [6, 6.07) is 10.1. The second-order valence-electron chi connectivity index (χ2n) is 6.76. The van der Waals surface area contributed by atoms with Crippen LogP contribution < -0.4 is 5.32 Å². The summed E-state index contributed by atoms with van der Waals surface area (Å²) in [4.78, 5) is 17.0. The minimum atomic E-state index is 0.0169. The molecule has 1 aliphatic carbocycles. The van der Waals surface area contributed by atoms with Crippen LogP contribution in [0.4, 0.5) is 5.69 Å². The topological polar surface area (TPSA) is 32.3 Å². The molecule has 122 valence electrons. The number of hydrogen-bond donors (Lipinski definition) is 1. The number of nitrogens with zero attached hydrogens (tertiary/aromatic N) is 1. The molecule has 1 N–H and O–H groups in total. The van der Waals surface area contributed by atoms with Gasteiger partial charge in [-0.2, -0.15) is 0 Å². The number of anilines is 1. The summed E-state index contributed by atoms with van der Waals surface area (Å²) >= 11 is 1.66. The molecule has 3 rings (SSSR count). The van der Waals surface area contributed by atoms with Gasteiger partial charge in [0.25, 0.3) is 5.91 Å². The molecule has 1 aromatic carbocycles. The smallest absolute Gasteiger partial charge is 0.265 e. The van der Waals surface area contributed by atoms with Gasteiger partial charge in [0.1, 0.15) is 0 Å². The Balaban J connectivity index is 1.78. The SMILES string of the molecule is C[C@H]1CCc2sc(C(=O)Nc3ccccc3CN(C)C)cc2C1. The Labute approximate surface area is 142 Å². The maximum atomic E-state index is 12.6. The van der Waals surface area contributed by atoms with E-state index < -0.39 is 0 Å². The molecule has 0 fully saturated rings. The molecule has 0 saturated heterocycles. The first-order valence-corrected chi connectivity index (χ1v) is 9.00. The lowest BCUT2D eigenvalue weighted by molar-refractivity contribution is 0.103. The predicted octanol–water partition coefficient (Wildman–Crippen LogP) is 4.19. The van der Waals surface area contributed by atoms with Crippen LogP contribution in [0.25, 0.3) is 0 Å². The van der Waals surface area contributed by atoms with Crippen molar-refractivity contribution in [2.24, 2.45) is 5.92 Å². The Morgan fingerprint density at radius 1 is 1.35 bits per heavy atom. The van der Waals surface area contributed by atoms with Crippen molar-refractivity contribution >= 4 is 22.9 Å². The van der Waals surface area contributed by atoms with E-state index in [-0.39, 0.29) is 5.91 Å². The molecular weight excluding hydrogens is 304 g/mol. The van der Waals surface area contributed by atoms with E-state index in [4.69, 9.17) is 0 Å². The second kappa shape index (κ2) is 6.85. The van der Waals surface area contributed by atoms with Crippen LogP contribution in [0.5, 0.6) is 0 Å². The van der Waals surface area contributed by atoms with E-state index in [1.807, 2.05) is 32.3 Å². The zero-order valence-corrected chi connectivity index (χ0v) is 14.9. The van der Waals surface area contributed by atoms with Crippen LogP contribution >= 0.6 is 11.3 Å². The highest BCUT2D eigenvalue weighted by molar-refractivity contribution is 7.14. The van der Waals surface area contributed by atoms with Crippen molar-refractivity contribution in [3.63, 3.8) is 0 Å². The van der Waals surface area contributed by atoms with Gasteiger partial charge in [-0.05, 0) is 62.5 Å². The fourth-order valence-corrected chi connectivity index (χ4v) is 4.23. The molecule has 0 spiro atoms. The molecule has 0 bridgehead atoms. The van der Waals surface area contributed by atoms with Gasteiger partial charge in [0.2, 0.25) is 0 Å². The zero-order valence-electron chi connectivity index (χ0n) is 14.1. The highest BCUT2D eigenvalue weighted by Crippen LogP contribution is 2.32. The number of amides is 1. The highest BCUT2D eigenvalue weighted by atomic mass is 32.1. The van der Waals surface area contributed by atoms with E-state index in [1.54, 1.807) is 11.3 Å². The Morgan fingerprint density at radius 3 is 2.91 bits per heavy atom. The van der Waals surface area contributed by atoms with E-state index in [0.29, 0.717) is 0 Å². The third-order valence-corrected chi connectivity index (χ3v) is 5.54. The lowest BCUT2D eigenvalue weighted by atomic mass is 9.90. The average molecular weight is 328 g/mol. The quantitative estimate of drug-likeness (QED) is 0.913. The van der Waals surface area contributed by atoms with Gasteiger partial charge in [0.15, 0.2) is 0 Å². The molecule has 0 unspecified atom stereocenters. The second-order valence-corrected chi connectivity index (χ2v) is 7.89. The Hall–Kier alpha value is -1.65. The summed E-state index contributed by atoms with van der Waals surface area (Å²) in [6.45, 7) is 3.10. The number of thiophene rings is 1. The van der Waals surface area contributed by atoms with E-state index in [2.05, 4.69) is 29.3 Å². The van der Waals surface area contributed by atoms with Crippen LogP contribution in [0.3, 0.4) is 0 Å². The number of para-hydroxylation sites is 1. The van der Waals surface area contributed by atoms with Crippen molar-refractivity contribution < 1.29 is 4.79 Å². The van der Waals surface area contributed by atoms with Crippen molar-refractivity contribution in [2.45, 2.75) is 32.7 Å². The first kappa shape index (κ1) is 16.2. The van der Waals surface area contributed by atoms with Gasteiger partial charge in [-0.1, -0.05) is 25.1 Å². The normalized spacial score (nSPS) is 17.1. The fourth-order valence-electron chi connectivity index (χ4n) is 3.12. The first-order chi connectivity index (χ1) is 11.0. The van der Waals surface area contributed by atoms with Crippen LogP contribution in [0, 0.1) is 5.92 Å². The molecule has 0 saturated carbocycles. The monoisotopic (exact) mass is 328 g/mol. The number of rotatable bonds is 4. The number of carbonyl (C=O) groups is 1. The van der Waals surface area contributed by atoms with Crippen LogP contribution in [-0.2, 0) is 19.4 Å². The first-order valence-electron chi connectivity index (χ1n) is 8.18. The number of aryl methyl sites for hydroxylation is 1. The summed E-state index contributed by atoms with van der Waals surface area (Å²) in [7, 11) is 4.07. The van der Waals surface area contributed by atoms with Crippen LogP contribution in [0.15, 0.2) is 30.3 Å². The van der Waals surface area contributed by atoms with Gasteiger partial charge in [-0.15, -0.1) is 11.3 Å². The largest absolute Gasteiger partial charge is 0.321 e. The molecule has 1 amide bonds. The molecule has 2 aromatic rings. The molecule has 1 aromatic heterocycles. The van der Waals surface area contributed by atoms with Gasteiger partial charge in [0.05, 0.1) is 4.88 Å². The van der Waals surface area contributed by atoms with Gasteiger partial charge < -0.3 is 10.2 Å². The van der Waals surface area contributed by atoms with E-state index >= 15 is 0 Å². The van der Waals surface area contributed by atoms with Gasteiger partial charge >= 0.3 is 0 Å². The number of benzene rings is 1. The molecule has 3 nitrogen and oxygen atoms in total. The standard InChI is InChI=1S/C19H24N2OS/c1-13-8-9-17-15(10-13)11-18(23-17)19(22)20-16-7-5-4-6-14(16)12-21(2)3/h4-7,11,13H,8-10,12H2,1-3H3,(H,20,22)/t13-/m0/s1. The summed E-state index contributed by atoms with van der Waals surface area (Å²) in [6.07, 6.45) is 3.46. The molecule has 23 heavy (non-hydrogen) atoms. The summed E-state index contributed by atoms with van der Waals surface area (Å²) in [5.74, 6) is 0.747. The third-order valence-electron chi connectivity index (χ3n) is 4.31. The lowest BCUT2D eigenvalue weighted by Crippen LogP contribution is -2.16. The van der Waals surface area contributed by atoms with Gasteiger partial charge in [-0.25, -0.2) is 0 Å². The maximum absolute atomic E-state index is 12.6. The maximum Gasteiger partial charge on any atom is 0.265 e. The molecule has 1 heterocycles. The van der Waals surface area contributed by atoms with Crippen molar-refractivity contribution in [1.29, 1.82) is 0 Å². The summed E-state index contributed by atoms with van der Waals surface area (Å²) in [5, 5.41) is 3.10. The number of hydrogen-bond acceptors (Lipinski definition) is 3. The summed E-state index contributed by atoms with van der Waals surface area (Å²) in [5.41, 5.74) is 3.42.